The van der Waals surface area contributed by atoms with Crippen LogP contribution in [0.4, 0.5) is 0 Å². The van der Waals surface area contributed by atoms with Crippen molar-refractivity contribution in [3.63, 3.8) is 0 Å². The first-order valence-corrected chi connectivity index (χ1v) is 7.05. The lowest BCUT2D eigenvalue weighted by atomic mass is 9.76. The second kappa shape index (κ2) is 4.75. The first kappa shape index (κ1) is 12.9. The molecule has 2 heterocycles. The Balaban J connectivity index is 1.76. The van der Waals surface area contributed by atoms with Gasteiger partial charge in [0.25, 0.3) is 5.91 Å². The van der Waals surface area contributed by atoms with Crippen LogP contribution < -0.4 is 5.32 Å². The number of carbonyl (C=O) groups is 2. The number of nitrogens with one attached hydrogen (secondary N) is 1. The van der Waals surface area contributed by atoms with E-state index in [-0.39, 0.29) is 5.69 Å². The minimum atomic E-state index is -1.14. The number of carboxylic acids is 1. The van der Waals surface area contributed by atoms with E-state index >= 15 is 0 Å². The highest BCUT2D eigenvalue weighted by molar-refractivity contribution is 7.13. The third-order valence-corrected chi connectivity index (χ3v) is 4.36. The van der Waals surface area contributed by atoms with Crippen molar-refractivity contribution in [1.29, 1.82) is 0 Å². The molecule has 1 aliphatic rings. The highest BCUT2D eigenvalue weighted by Crippen LogP contribution is 2.32. The van der Waals surface area contributed by atoms with Crippen LogP contribution in [0.2, 0.25) is 0 Å². The van der Waals surface area contributed by atoms with Crippen LogP contribution in [-0.2, 0) is 4.79 Å². The normalized spacial score (nSPS) is 16.4. The fourth-order valence-corrected chi connectivity index (χ4v) is 2.79. The van der Waals surface area contributed by atoms with Crippen molar-refractivity contribution >= 4 is 23.2 Å². The summed E-state index contributed by atoms with van der Waals surface area (Å²) < 4.78 is 5.11. The summed E-state index contributed by atoms with van der Waals surface area (Å²) in [4.78, 5) is 24.1. The SMILES string of the molecule is O=C(NC1(C(=O)O)CCC1)c1cc(-c2cccs2)on1. The highest BCUT2D eigenvalue weighted by Gasteiger charge is 2.46. The summed E-state index contributed by atoms with van der Waals surface area (Å²) >= 11 is 1.48. The Kier molecular flexibility index (Phi) is 3.06. The van der Waals surface area contributed by atoms with E-state index in [1.807, 2.05) is 17.5 Å². The van der Waals surface area contributed by atoms with Gasteiger partial charge in [-0.3, -0.25) is 4.79 Å². The molecule has 0 saturated heterocycles. The van der Waals surface area contributed by atoms with Gasteiger partial charge in [0, 0.05) is 6.07 Å². The number of nitrogens with zero attached hydrogens (tertiary/aromatic N) is 1. The maximum atomic E-state index is 12.0. The van der Waals surface area contributed by atoms with Crippen LogP contribution in [0.5, 0.6) is 0 Å². The van der Waals surface area contributed by atoms with E-state index in [0.717, 1.165) is 11.3 Å². The smallest absolute Gasteiger partial charge is 0.329 e. The summed E-state index contributed by atoms with van der Waals surface area (Å²) in [5.74, 6) is -1.01. The Labute approximate surface area is 118 Å². The van der Waals surface area contributed by atoms with Crippen LogP contribution in [0.15, 0.2) is 28.1 Å². The van der Waals surface area contributed by atoms with E-state index < -0.39 is 17.4 Å². The predicted molar refractivity (Wildman–Crippen MR) is 71.5 cm³/mol. The zero-order valence-corrected chi connectivity index (χ0v) is 11.3. The Morgan fingerprint density at radius 2 is 2.25 bits per heavy atom. The van der Waals surface area contributed by atoms with E-state index in [1.54, 1.807) is 0 Å². The molecule has 0 atom stereocenters. The molecular formula is C13H12N2O4S. The lowest BCUT2D eigenvalue weighted by molar-refractivity contribution is -0.148. The molecular weight excluding hydrogens is 280 g/mol. The third kappa shape index (κ3) is 2.09. The Morgan fingerprint density at radius 3 is 2.80 bits per heavy atom. The van der Waals surface area contributed by atoms with Crippen molar-refractivity contribution in [2.24, 2.45) is 0 Å². The molecule has 6 nitrogen and oxygen atoms in total. The molecule has 1 aliphatic carbocycles. The quantitative estimate of drug-likeness (QED) is 0.900. The largest absolute Gasteiger partial charge is 0.480 e. The van der Waals surface area contributed by atoms with Crippen LogP contribution >= 0.6 is 11.3 Å². The number of rotatable bonds is 4. The van der Waals surface area contributed by atoms with E-state index in [2.05, 4.69) is 10.5 Å². The van der Waals surface area contributed by atoms with Gasteiger partial charge in [0.1, 0.15) is 5.54 Å². The van der Waals surface area contributed by atoms with Gasteiger partial charge in [-0.2, -0.15) is 0 Å². The number of aromatic nitrogens is 1. The number of thiophene rings is 1. The number of hydrogen-bond acceptors (Lipinski definition) is 5. The first-order chi connectivity index (χ1) is 9.61. The molecule has 1 amide bonds. The van der Waals surface area contributed by atoms with Gasteiger partial charge < -0.3 is 14.9 Å². The Morgan fingerprint density at radius 1 is 1.45 bits per heavy atom. The van der Waals surface area contributed by atoms with Crippen LogP contribution in [-0.4, -0.2) is 27.7 Å². The number of aliphatic carboxylic acids is 1. The highest BCUT2D eigenvalue weighted by atomic mass is 32.1. The number of amides is 1. The molecule has 0 spiro atoms. The van der Waals surface area contributed by atoms with Crippen molar-refractivity contribution in [1.82, 2.24) is 10.5 Å². The van der Waals surface area contributed by atoms with Gasteiger partial charge in [-0.1, -0.05) is 11.2 Å². The summed E-state index contributed by atoms with van der Waals surface area (Å²) in [5, 5.41) is 17.3. The Hall–Kier alpha value is -2.15. The van der Waals surface area contributed by atoms with Crippen molar-refractivity contribution in [3.8, 4) is 10.6 Å². The fraction of sp³-hybridized carbons (Fsp3) is 0.308. The molecule has 3 rings (SSSR count). The molecule has 0 aliphatic heterocycles. The molecule has 2 aromatic rings. The van der Waals surface area contributed by atoms with E-state index in [0.29, 0.717) is 18.6 Å². The summed E-state index contributed by atoms with van der Waals surface area (Å²) in [6, 6.07) is 5.25. The minimum absolute atomic E-state index is 0.0981. The minimum Gasteiger partial charge on any atom is -0.480 e. The monoisotopic (exact) mass is 292 g/mol. The third-order valence-electron chi connectivity index (χ3n) is 3.48. The summed E-state index contributed by atoms with van der Waals surface area (Å²) in [5.41, 5.74) is -1.04. The zero-order chi connectivity index (χ0) is 14.2. The second-order valence-electron chi connectivity index (χ2n) is 4.75. The molecule has 104 valence electrons. The second-order valence-corrected chi connectivity index (χ2v) is 5.70. The molecule has 2 N–H and O–H groups in total. The van der Waals surface area contributed by atoms with Crippen LogP contribution in [0, 0.1) is 0 Å². The maximum Gasteiger partial charge on any atom is 0.329 e. The number of hydrogen-bond donors (Lipinski definition) is 2. The van der Waals surface area contributed by atoms with E-state index in [4.69, 9.17) is 4.52 Å². The van der Waals surface area contributed by atoms with Crippen LogP contribution in [0.1, 0.15) is 29.8 Å². The topological polar surface area (TPSA) is 92.4 Å². The van der Waals surface area contributed by atoms with Gasteiger partial charge in [0.05, 0.1) is 4.88 Å². The Bertz CT molecular complexity index is 643. The van der Waals surface area contributed by atoms with Crippen molar-refractivity contribution in [2.75, 3.05) is 0 Å². The molecule has 1 saturated carbocycles. The van der Waals surface area contributed by atoms with Crippen molar-refractivity contribution in [2.45, 2.75) is 24.8 Å². The summed E-state index contributed by atoms with van der Waals surface area (Å²) in [7, 11) is 0. The molecule has 0 bridgehead atoms. The maximum absolute atomic E-state index is 12.0. The van der Waals surface area contributed by atoms with E-state index in [9.17, 15) is 14.7 Å². The molecule has 1 fully saturated rings. The van der Waals surface area contributed by atoms with Gasteiger partial charge in [-0.15, -0.1) is 11.3 Å². The fourth-order valence-electron chi connectivity index (χ4n) is 2.12. The lowest BCUT2D eigenvalue weighted by Gasteiger charge is -2.37. The molecule has 0 unspecified atom stereocenters. The average Bonchev–Trinajstić information content (AvgIpc) is 3.01. The summed E-state index contributed by atoms with van der Waals surface area (Å²) in [6.45, 7) is 0. The van der Waals surface area contributed by atoms with E-state index in [1.165, 1.54) is 17.4 Å². The molecule has 0 radical (unpaired) electrons. The predicted octanol–water partition coefficient (Wildman–Crippen LogP) is 2.14. The van der Waals surface area contributed by atoms with Gasteiger partial charge in [0.2, 0.25) is 0 Å². The molecule has 2 aromatic heterocycles. The van der Waals surface area contributed by atoms with Crippen molar-refractivity contribution in [3.05, 3.63) is 29.3 Å². The standard InChI is InChI=1S/C13H12N2O4S/c16-11(14-13(12(17)18)4-2-5-13)8-7-9(19-15-8)10-3-1-6-20-10/h1,3,6-7H,2,4-5H2,(H,14,16)(H,17,18). The average molecular weight is 292 g/mol. The number of carbonyl (C=O) groups excluding carboxylic acids is 1. The van der Waals surface area contributed by atoms with Gasteiger partial charge in [-0.05, 0) is 30.7 Å². The van der Waals surface area contributed by atoms with Gasteiger partial charge in [-0.25, -0.2) is 4.79 Å². The lowest BCUT2D eigenvalue weighted by Crippen LogP contribution is -2.59. The first-order valence-electron chi connectivity index (χ1n) is 6.17. The van der Waals surface area contributed by atoms with Crippen LogP contribution in [0.3, 0.4) is 0 Å². The van der Waals surface area contributed by atoms with Crippen molar-refractivity contribution < 1.29 is 19.2 Å². The van der Waals surface area contributed by atoms with Crippen LogP contribution in [0.25, 0.3) is 10.6 Å². The molecule has 7 heteroatoms. The summed E-state index contributed by atoms with van der Waals surface area (Å²) in [6.07, 6.45) is 1.69. The van der Waals surface area contributed by atoms with Gasteiger partial charge >= 0.3 is 5.97 Å². The zero-order valence-electron chi connectivity index (χ0n) is 10.5. The molecule has 0 aromatic carbocycles. The van der Waals surface area contributed by atoms with Gasteiger partial charge in [0.15, 0.2) is 11.5 Å². The number of carboxylic acid groups (broad SMARTS) is 1. The molecule has 20 heavy (non-hydrogen) atoms.